The fraction of sp³-hybridized carbons (Fsp3) is 0.263. The van der Waals surface area contributed by atoms with Gasteiger partial charge in [-0.05, 0) is 61.7 Å². The van der Waals surface area contributed by atoms with Gasteiger partial charge < -0.3 is 10.2 Å². The molecule has 1 N–H and O–H groups in total. The Hall–Kier alpha value is -2.40. The van der Waals surface area contributed by atoms with Crippen LogP contribution in [-0.2, 0) is 0 Å². The van der Waals surface area contributed by atoms with Crippen molar-refractivity contribution in [3.8, 4) is 0 Å². The highest BCUT2D eigenvalue weighted by Gasteiger charge is 2.18. The number of hydrogen-bond donors (Lipinski definition) is 1. The van der Waals surface area contributed by atoms with Crippen molar-refractivity contribution in [3.05, 3.63) is 64.4 Å². The molecule has 25 heavy (non-hydrogen) atoms. The Kier molecular flexibility index (Phi) is 5.34. The second-order valence-corrected chi connectivity index (χ2v) is 6.42. The van der Waals surface area contributed by atoms with Gasteiger partial charge in [-0.2, -0.15) is 0 Å². The molecule has 0 radical (unpaired) electrons. The molecule has 2 aromatic carbocycles. The standard InChI is InChI=1S/C19H18ClFN2O2/c20-17-12-14(21)6-9-16(17)18(24)22-15-7-4-13(5-8-15)19(25)23-10-2-1-3-11-23/h4-9,12H,1-3,10-11H2,(H,22,24). The molecule has 1 aliphatic rings. The van der Waals surface area contributed by atoms with E-state index in [1.54, 1.807) is 24.3 Å². The maximum absolute atomic E-state index is 13.1. The lowest BCUT2D eigenvalue weighted by Gasteiger charge is -2.26. The summed E-state index contributed by atoms with van der Waals surface area (Å²) < 4.78 is 13.1. The minimum absolute atomic E-state index is 0.0131. The zero-order chi connectivity index (χ0) is 17.8. The van der Waals surface area contributed by atoms with Crippen LogP contribution in [0.4, 0.5) is 10.1 Å². The monoisotopic (exact) mass is 360 g/mol. The zero-order valence-electron chi connectivity index (χ0n) is 13.6. The second-order valence-electron chi connectivity index (χ2n) is 6.01. The normalized spacial score (nSPS) is 14.2. The summed E-state index contributed by atoms with van der Waals surface area (Å²) >= 11 is 5.89. The first kappa shape index (κ1) is 17.4. The van der Waals surface area contributed by atoms with Gasteiger partial charge in [0.15, 0.2) is 0 Å². The lowest BCUT2D eigenvalue weighted by atomic mass is 10.1. The van der Waals surface area contributed by atoms with Crippen molar-refractivity contribution in [1.82, 2.24) is 4.90 Å². The molecular formula is C19H18ClFN2O2. The summed E-state index contributed by atoms with van der Waals surface area (Å²) in [6.07, 6.45) is 3.25. The lowest BCUT2D eigenvalue weighted by Crippen LogP contribution is -2.35. The van der Waals surface area contributed by atoms with Crippen LogP contribution in [0.2, 0.25) is 5.02 Å². The first-order valence-electron chi connectivity index (χ1n) is 8.20. The molecule has 0 bridgehead atoms. The number of likely N-dealkylation sites (tertiary alicyclic amines) is 1. The molecule has 0 unspecified atom stereocenters. The molecule has 1 fully saturated rings. The summed E-state index contributed by atoms with van der Waals surface area (Å²) in [5.74, 6) is -0.915. The fourth-order valence-corrected chi connectivity index (χ4v) is 3.10. The van der Waals surface area contributed by atoms with E-state index in [1.165, 1.54) is 18.6 Å². The lowest BCUT2D eigenvalue weighted by molar-refractivity contribution is 0.0724. The number of hydrogen-bond acceptors (Lipinski definition) is 2. The first-order valence-corrected chi connectivity index (χ1v) is 8.58. The number of amides is 2. The molecule has 1 heterocycles. The predicted octanol–water partition coefficient (Wildman–Crippen LogP) is 4.36. The van der Waals surface area contributed by atoms with Gasteiger partial charge >= 0.3 is 0 Å². The highest BCUT2D eigenvalue weighted by Crippen LogP contribution is 2.20. The fourth-order valence-electron chi connectivity index (χ4n) is 2.85. The highest BCUT2D eigenvalue weighted by molar-refractivity contribution is 6.34. The number of rotatable bonds is 3. The second kappa shape index (κ2) is 7.66. The smallest absolute Gasteiger partial charge is 0.257 e. The SMILES string of the molecule is O=C(Nc1ccc(C(=O)N2CCCCC2)cc1)c1ccc(F)cc1Cl. The summed E-state index contributed by atoms with van der Waals surface area (Å²) in [6.45, 7) is 1.58. The van der Waals surface area contributed by atoms with Gasteiger partial charge in [-0.1, -0.05) is 11.6 Å². The Morgan fingerprint density at radius 3 is 2.32 bits per heavy atom. The molecule has 0 saturated carbocycles. The molecule has 2 aromatic rings. The first-order chi connectivity index (χ1) is 12.0. The van der Waals surface area contributed by atoms with Crippen molar-refractivity contribution in [2.75, 3.05) is 18.4 Å². The van der Waals surface area contributed by atoms with Gasteiger partial charge in [-0.25, -0.2) is 4.39 Å². The van der Waals surface area contributed by atoms with Crippen molar-refractivity contribution in [3.63, 3.8) is 0 Å². The van der Waals surface area contributed by atoms with Crippen LogP contribution in [0.15, 0.2) is 42.5 Å². The van der Waals surface area contributed by atoms with E-state index in [-0.39, 0.29) is 16.5 Å². The predicted molar refractivity (Wildman–Crippen MR) is 95.6 cm³/mol. The molecule has 0 spiro atoms. The van der Waals surface area contributed by atoms with Crippen LogP contribution in [0.25, 0.3) is 0 Å². The van der Waals surface area contributed by atoms with Gasteiger partial charge in [0.2, 0.25) is 0 Å². The molecule has 0 aromatic heterocycles. The Labute approximate surface area is 150 Å². The topological polar surface area (TPSA) is 49.4 Å². The van der Waals surface area contributed by atoms with Crippen LogP contribution < -0.4 is 5.32 Å². The maximum atomic E-state index is 13.1. The molecular weight excluding hydrogens is 343 g/mol. The van der Waals surface area contributed by atoms with E-state index in [4.69, 9.17) is 11.6 Å². The number of halogens is 2. The number of benzene rings is 2. The average Bonchev–Trinajstić information content (AvgIpc) is 2.62. The van der Waals surface area contributed by atoms with Crippen LogP contribution in [-0.4, -0.2) is 29.8 Å². The van der Waals surface area contributed by atoms with E-state index >= 15 is 0 Å². The van der Waals surface area contributed by atoms with E-state index in [0.29, 0.717) is 11.3 Å². The van der Waals surface area contributed by atoms with E-state index < -0.39 is 11.7 Å². The zero-order valence-corrected chi connectivity index (χ0v) is 14.4. The minimum Gasteiger partial charge on any atom is -0.339 e. The minimum atomic E-state index is -0.498. The third kappa shape index (κ3) is 4.17. The Bertz CT molecular complexity index is 787. The maximum Gasteiger partial charge on any atom is 0.257 e. The van der Waals surface area contributed by atoms with Gasteiger partial charge in [-0.3, -0.25) is 9.59 Å². The van der Waals surface area contributed by atoms with Crippen molar-refractivity contribution in [2.24, 2.45) is 0 Å². The highest BCUT2D eigenvalue weighted by atomic mass is 35.5. The van der Waals surface area contributed by atoms with E-state index in [0.717, 1.165) is 32.0 Å². The van der Waals surface area contributed by atoms with Crippen molar-refractivity contribution in [2.45, 2.75) is 19.3 Å². The van der Waals surface area contributed by atoms with Crippen LogP contribution in [0, 0.1) is 5.82 Å². The number of carbonyl (C=O) groups is 2. The Morgan fingerprint density at radius 1 is 1.00 bits per heavy atom. The molecule has 1 saturated heterocycles. The molecule has 1 aliphatic heterocycles. The molecule has 3 rings (SSSR count). The van der Waals surface area contributed by atoms with Gasteiger partial charge in [0.1, 0.15) is 5.82 Å². The summed E-state index contributed by atoms with van der Waals surface area (Å²) in [4.78, 5) is 26.5. The van der Waals surface area contributed by atoms with Crippen LogP contribution in [0.3, 0.4) is 0 Å². The number of nitrogens with zero attached hydrogens (tertiary/aromatic N) is 1. The molecule has 2 amide bonds. The molecule has 0 aliphatic carbocycles. The van der Waals surface area contributed by atoms with E-state index in [2.05, 4.69) is 5.32 Å². The number of piperidine rings is 1. The third-order valence-corrected chi connectivity index (χ3v) is 4.52. The van der Waals surface area contributed by atoms with Crippen molar-refractivity contribution in [1.29, 1.82) is 0 Å². The molecule has 130 valence electrons. The largest absolute Gasteiger partial charge is 0.339 e. The number of anilines is 1. The van der Waals surface area contributed by atoms with Gasteiger partial charge in [-0.15, -0.1) is 0 Å². The third-order valence-electron chi connectivity index (χ3n) is 4.21. The van der Waals surface area contributed by atoms with Crippen LogP contribution in [0.5, 0.6) is 0 Å². The van der Waals surface area contributed by atoms with Gasteiger partial charge in [0.25, 0.3) is 11.8 Å². The quantitative estimate of drug-likeness (QED) is 0.884. The Balaban J connectivity index is 1.67. The van der Waals surface area contributed by atoms with Crippen LogP contribution >= 0.6 is 11.6 Å². The number of carbonyl (C=O) groups excluding carboxylic acids is 2. The molecule has 4 nitrogen and oxygen atoms in total. The summed E-state index contributed by atoms with van der Waals surface area (Å²) in [6, 6.07) is 10.3. The van der Waals surface area contributed by atoms with Crippen LogP contribution in [0.1, 0.15) is 40.0 Å². The average molecular weight is 361 g/mol. The van der Waals surface area contributed by atoms with Crippen molar-refractivity contribution >= 4 is 29.1 Å². The summed E-state index contributed by atoms with van der Waals surface area (Å²) in [5.41, 5.74) is 1.33. The van der Waals surface area contributed by atoms with Gasteiger partial charge in [0, 0.05) is 24.3 Å². The molecule has 6 heteroatoms. The summed E-state index contributed by atoms with van der Waals surface area (Å²) in [7, 11) is 0. The van der Waals surface area contributed by atoms with E-state index in [1.807, 2.05) is 4.90 Å². The summed E-state index contributed by atoms with van der Waals surface area (Å²) in [5, 5.41) is 2.74. The van der Waals surface area contributed by atoms with E-state index in [9.17, 15) is 14.0 Å². The number of nitrogens with one attached hydrogen (secondary N) is 1. The van der Waals surface area contributed by atoms with Crippen molar-refractivity contribution < 1.29 is 14.0 Å². The Morgan fingerprint density at radius 2 is 1.68 bits per heavy atom. The molecule has 0 atom stereocenters. The van der Waals surface area contributed by atoms with Gasteiger partial charge in [0.05, 0.1) is 10.6 Å².